The predicted molar refractivity (Wildman–Crippen MR) is 66.9 cm³/mol. The Bertz CT molecular complexity index is 160. The van der Waals surface area contributed by atoms with Gasteiger partial charge in [0.2, 0.25) is 0 Å². The Morgan fingerprint density at radius 3 is 2.20 bits per heavy atom. The van der Waals surface area contributed by atoms with Crippen molar-refractivity contribution in [3.05, 3.63) is 0 Å². The predicted octanol–water partition coefficient (Wildman–Crippen LogP) is 2.62. The van der Waals surface area contributed by atoms with Gasteiger partial charge in [-0.25, -0.2) is 0 Å². The number of nitrogens with zero attached hydrogens (tertiary/aromatic N) is 1. The summed E-state index contributed by atoms with van der Waals surface area (Å²) in [6.45, 7) is 2.12. The standard InChI is InChI=1S/C13H28N2/c1-11(14)9-10-13(15(2)3)12-7-5-4-6-8-12/h11-13H,4-10,14H2,1-3H3. The molecule has 1 aliphatic rings. The molecule has 0 aromatic rings. The largest absolute Gasteiger partial charge is 0.328 e. The zero-order chi connectivity index (χ0) is 11.3. The first-order chi connectivity index (χ1) is 7.11. The molecular weight excluding hydrogens is 184 g/mol. The van der Waals surface area contributed by atoms with Crippen molar-refractivity contribution < 1.29 is 0 Å². The minimum absolute atomic E-state index is 0.357. The average Bonchev–Trinajstić information content (AvgIpc) is 2.18. The quantitative estimate of drug-likeness (QED) is 0.759. The number of hydrogen-bond donors (Lipinski definition) is 1. The van der Waals surface area contributed by atoms with Crippen molar-refractivity contribution in [1.82, 2.24) is 4.90 Å². The molecule has 2 unspecified atom stereocenters. The molecule has 0 bridgehead atoms. The summed E-state index contributed by atoms with van der Waals surface area (Å²) in [6, 6.07) is 1.12. The van der Waals surface area contributed by atoms with Crippen LogP contribution < -0.4 is 5.73 Å². The number of hydrogen-bond acceptors (Lipinski definition) is 2. The second-order valence-corrected chi connectivity index (χ2v) is 5.48. The Morgan fingerprint density at radius 1 is 1.13 bits per heavy atom. The van der Waals surface area contributed by atoms with Gasteiger partial charge in [-0.2, -0.15) is 0 Å². The molecule has 0 saturated heterocycles. The van der Waals surface area contributed by atoms with Gasteiger partial charge in [-0.05, 0) is 52.6 Å². The van der Waals surface area contributed by atoms with Crippen molar-refractivity contribution in [2.45, 2.75) is 64.0 Å². The fourth-order valence-corrected chi connectivity index (χ4v) is 2.87. The van der Waals surface area contributed by atoms with Crippen molar-refractivity contribution in [3.8, 4) is 0 Å². The Kier molecular flexibility index (Phi) is 5.62. The lowest BCUT2D eigenvalue weighted by Crippen LogP contribution is -2.37. The molecule has 90 valence electrons. The lowest BCUT2D eigenvalue weighted by Gasteiger charge is -2.35. The first-order valence-electron chi connectivity index (χ1n) is 6.53. The van der Waals surface area contributed by atoms with Crippen molar-refractivity contribution in [1.29, 1.82) is 0 Å². The van der Waals surface area contributed by atoms with Crippen LogP contribution in [0.4, 0.5) is 0 Å². The van der Waals surface area contributed by atoms with E-state index in [0.29, 0.717) is 6.04 Å². The lowest BCUT2D eigenvalue weighted by atomic mass is 9.81. The monoisotopic (exact) mass is 212 g/mol. The normalized spacial score (nSPS) is 23.0. The third-order valence-electron chi connectivity index (χ3n) is 3.78. The molecule has 1 aliphatic carbocycles. The van der Waals surface area contributed by atoms with Gasteiger partial charge in [0.1, 0.15) is 0 Å². The number of nitrogens with two attached hydrogens (primary N) is 1. The van der Waals surface area contributed by atoms with Gasteiger partial charge in [0, 0.05) is 12.1 Å². The van der Waals surface area contributed by atoms with E-state index in [9.17, 15) is 0 Å². The zero-order valence-electron chi connectivity index (χ0n) is 10.7. The minimum Gasteiger partial charge on any atom is -0.328 e. The van der Waals surface area contributed by atoms with E-state index in [-0.39, 0.29) is 0 Å². The SMILES string of the molecule is CC(N)CCC(C1CCCCC1)N(C)C. The van der Waals surface area contributed by atoms with E-state index in [4.69, 9.17) is 5.73 Å². The summed E-state index contributed by atoms with van der Waals surface area (Å²) in [5.74, 6) is 0.924. The van der Waals surface area contributed by atoms with Gasteiger partial charge in [-0.1, -0.05) is 19.3 Å². The van der Waals surface area contributed by atoms with E-state index in [1.165, 1.54) is 44.9 Å². The molecule has 1 rings (SSSR count). The van der Waals surface area contributed by atoms with E-state index in [1.807, 2.05) is 0 Å². The van der Waals surface area contributed by atoms with Crippen molar-refractivity contribution in [2.24, 2.45) is 11.7 Å². The summed E-state index contributed by atoms with van der Waals surface area (Å²) in [7, 11) is 4.45. The molecule has 1 fully saturated rings. The van der Waals surface area contributed by atoms with Crippen LogP contribution >= 0.6 is 0 Å². The molecule has 0 aromatic carbocycles. The van der Waals surface area contributed by atoms with E-state index in [1.54, 1.807) is 0 Å². The maximum absolute atomic E-state index is 5.85. The van der Waals surface area contributed by atoms with Crippen molar-refractivity contribution >= 4 is 0 Å². The van der Waals surface area contributed by atoms with E-state index in [0.717, 1.165) is 12.0 Å². The summed E-state index contributed by atoms with van der Waals surface area (Å²) in [6.07, 6.45) is 9.63. The maximum Gasteiger partial charge on any atom is 0.0118 e. The van der Waals surface area contributed by atoms with Crippen LogP contribution in [0, 0.1) is 5.92 Å². The van der Waals surface area contributed by atoms with Crippen LogP contribution in [0.3, 0.4) is 0 Å². The van der Waals surface area contributed by atoms with E-state index >= 15 is 0 Å². The average molecular weight is 212 g/mol. The van der Waals surface area contributed by atoms with Gasteiger partial charge in [0.05, 0.1) is 0 Å². The fourth-order valence-electron chi connectivity index (χ4n) is 2.87. The highest BCUT2D eigenvalue weighted by atomic mass is 15.1. The van der Waals surface area contributed by atoms with E-state index < -0.39 is 0 Å². The maximum atomic E-state index is 5.85. The molecule has 0 heterocycles. The summed E-state index contributed by atoms with van der Waals surface area (Å²) in [5.41, 5.74) is 5.85. The van der Waals surface area contributed by atoms with Crippen LogP contribution in [0.15, 0.2) is 0 Å². The second kappa shape index (κ2) is 6.49. The van der Waals surface area contributed by atoms with Crippen LogP contribution in [-0.2, 0) is 0 Å². The molecule has 0 amide bonds. The van der Waals surface area contributed by atoms with Gasteiger partial charge < -0.3 is 10.6 Å². The second-order valence-electron chi connectivity index (χ2n) is 5.48. The molecule has 0 radical (unpaired) electrons. The third-order valence-corrected chi connectivity index (χ3v) is 3.78. The van der Waals surface area contributed by atoms with Gasteiger partial charge in [-0.15, -0.1) is 0 Å². The highest BCUT2D eigenvalue weighted by molar-refractivity contribution is 4.80. The molecule has 15 heavy (non-hydrogen) atoms. The molecule has 0 aliphatic heterocycles. The number of rotatable bonds is 5. The zero-order valence-corrected chi connectivity index (χ0v) is 10.7. The molecule has 2 nitrogen and oxygen atoms in total. The Balaban J connectivity index is 2.41. The van der Waals surface area contributed by atoms with Gasteiger partial charge in [-0.3, -0.25) is 0 Å². The van der Waals surface area contributed by atoms with E-state index in [2.05, 4.69) is 25.9 Å². The van der Waals surface area contributed by atoms with Crippen LogP contribution in [-0.4, -0.2) is 31.1 Å². The Hall–Kier alpha value is -0.0800. The van der Waals surface area contributed by atoms with Crippen LogP contribution in [0.25, 0.3) is 0 Å². The minimum atomic E-state index is 0.357. The molecule has 0 spiro atoms. The first kappa shape index (κ1) is 13.0. The Morgan fingerprint density at radius 2 is 1.73 bits per heavy atom. The first-order valence-corrected chi connectivity index (χ1v) is 6.53. The third kappa shape index (κ3) is 4.52. The molecular formula is C13H28N2. The molecule has 2 N–H and O–H groups in total. The van der Waals surface area contributed by atoms with Gasteiger partial charge >= 0.3 is 0 Å². The summed E-state index contributed by atoms with van der Waals surface area (Å²) in [4.78, 5) is 2.42. The topological polar surface area (TPSA) is 29.3 Å². The van der Waals surface area contributed by atoms with Crippen LogP contribution in [0.1, 0.15) is 51.9 Å². The summed E-state index contributed by atoms with van der Waals surface area (Å²) in [5, 5.41) is 0. The molecule has 2 heteroatoms. The lowest BCUT2D eigenvalue weighted by molar-refractivity contribution is 0.156. The van der Waals surface area contributed by atoms with Crippen LogP contribution in [0.5, 0.6) is 0 Å². The van der Waals surface area contributed by atoms with Crippen LogP contribution in [0.2, 0.25) is 0 Å². The highest BCUT2D eigenvalue weighted by Gasteiger charge is 2.24. The summed E-state index contributed by atoms with van der Waals surface area (Å²) >= 11 is 0. The fraction of sp³-hybridized carbons (Fsp3) is 1.00. The molecule has 2 atom stereocenters. The van der Waals surface area contributed by atoms with Crippen molar-refractivity contribution in [3.63, 3.8) is 0 Å². The highest BCUT2D eigenvalue weighted by Crippen LogP contribution is 2.30. The Labute approximate surface area is 95.2 Å². The molecule has 1 saturated carbocycles. The van der Waals surface area contributed by atoms with Gasteiger partial charge in [0.15, 0.2) is 0 Å². The molecule has 0 aromatic heterocycles. The smallest absolute Gasteiger partial charge is 0.0118 e. The van der Waals surface area contributed by atoms with Crippen molar-refractivity contribution in [2.75, 3.05) is 14.1 Å². The summed E-state index contributed by atoms with van der Waals surface area (Å²) < 4.78 is 0. The van der Waals surface area contributed by atoms with Gasteiger partial charge in [0.25, 0.3) is 0 Å².